The second kappa shape index (κ2) is 6.46. The third-order valence-electron chi connectivity index (χ3n) is 2.51. The van der Waals surface area contributed by atoms with Crippen molar-refractivity contribution in [2.75, 3.05) is 5.32 Å². The molecule has 2 aromatic carbocycles. The SMILES string of the molecule is O=C(/C=C/c1ccc(O)cc1)Nc1ccc(Cl)cc1Cl. The van der Waals surface area contributed by atoms with Crippen LogP contribution in [0.1, 0.15) is 5.56 Å². The Labute approximate surface area is 126 Å². The van der Waals surface area contributed by atoms with Gasteiger partial charge < -0.3 is 10.4 Å². The third-order valence-corrected chi connectivity index (χ3v) is 3.06. The summed E-state index contributed by atoms with van der Waals surface area (Å²) in [5, 5.41) is 12.7. The molecule has 0 radical (unpaired) electrons. The van der Waals surface area contributed by atoms with Gasteiger partial charge in [-0.1, -0.05) is 35.3 Å². The Morgan fingerprint density at radius 2 is 1.80 bits per heavy atom. The van der Waals surface area contributed by atoms with E-state index >= 15 is 0 Å². The standard InChI is InChI=1S/C15H11Cl2NO2/c16-11-4-7-14(13(17)9-11)18-15(20)8-3-10-1-5-12(19)6-2-10/h1-9,19H,(H,18,20)/b8-3+. The summed E-state index contributed by atoms with van der Waals surface area (Å²) < 4.78 is 0. The van der Waals surface area contributed by atoms with Gasteiger partial charge in [0.2, 0.25) is 5.91 Å². The topological polar surface area (TPSA) is 49.3 Å². The van der Waals surface area contributed by atoms with Crippen LogP contribution in [0.5, 0.6) is 5.75 Å². The fourth-order valence-corrected chi connectivity index (χ4v) is 1.98. The van der Waals surface area contributed by atoms with Crippen LogP contribution >= 0.6 is 23.2 Å². The maximum atomic E-state index is 11.8. The fraction of sp³-hybridized carbons (Fsp3) is 0. The van der Waals surface area contributed by atoms with Gasteiger partial charge in [-0.25, -0.2) is 0 Å². The summed E-state index contributed by atoms with van der Waals surface area (Å²) >= 11 is 11.7. The summed E-state index contributed by atoms with van der Waals surface area (Å²) in [4.78, 5) is 11.8. The van der Waals surface area contributed by atoms with E-state index in [4.69, 9.17) is 28.3 Å². The van der Waals surface area contributed by atoms with E-state index in [1.807, 2.05) is 0 Å². The molecular formula is C15H11Cl2NO2. The number of halogens is 2. The van der Waals surface area contributed by atoms with Gasteiger partial charge >= 0.3 is 0 Å². The van der Waals surface area contributed by atoms with Crippen LogP contribution in [0.15, 0.2) is 48.5 Å². The van der Waals surface area contributed by atoms with Crippen molar-refractivity contribution in [3.63, 3.8) is 0 Å². The Morgan fingerprint density at radius 3 is 2.45 bits per heavy atom. The molecule has 5 heteroatoms. The summed E-state index contributed by atoms with van der Waals surface area (Å²) in [6.07, 6.45) is 3.02. The zero-order chi connectivity index (χ0) is 14.5. The molecule has 0 atom stereocenters. The monoisotopic (exact) mass is 307 g/mol. The number of anilines is 1. The quantitative estimate of drug-likeness (QED) is 0.828. The zero-order valence-electron chi connectivity index (χ0n) is 10.3. The van der Waals surface area contributed by atoms with Gasteiger partial charge in [0.25, 0.3) is 0 Å². The molecule has 2 N–H and O–H groups in total. The molecule has 0 spiro atoms. The summed E-state index contributed by atoms with van der Waals surface area (Å²) in [6.45, 7) is 0. The van der Waals surface area contributed by atoms with Crippen LogP contribution in [0.25, 0.3) is 6.08 Å². The van der Waals surface area contributed by atoms with Crippen LogP contribution in [-0.4, -0.2) is 11.0 Å². The molecule has 3 nitrogen and oxygen atoms in total. The summed E-state index contributed by atoms with van der Waals surface area (Å²) in [6, 6.07) is 11.3. The Morgan fingerprint density at radius 1 is 1.10 bits per heavy atom. The van der Waals surface area contributed by atoms with Gasteiger partial charge in [0.15, 0.2) is 0 Å². The van der Waals surface area contributed by atoms with Crippen LogP contribution in [-0.2, 0) is 4.79 Å². The average Bonchev–Trinajstić information content (AvgIpc) is 2.41. The van der Waals surface area contributed by atoms with Crippen LogP contribution in [0.4, 0.5) is 5.69 Å². The summed E-state index contributed by atoms with van der Waals surface area (Å²) in [5.74, 6) is -0.123. The van der Waals surface area contributed by atoms with Gasteiger partial charge in [0.1, 0.15) is 5.75 Å². The highest BCUT2D eigenvalue weighted by molar-refractivity contribution is 6.36. The molecule has 0 aliphatic carbocycles. The molecule has 0 bridgehead atoms. The first-order chi connectivity index (χ1) is 9.54. The minimum Gasteiger partial charge on any atom is -0.508 e. The van der Waals surface area contributed by atoms with E-state index in [1.54, 1.807) is 48.5 Å². The highest BCUT2D eigenvalue weighted by atomic mass is 35.5. The van der Waals surface area contributed by atoms with E-state index in [0.717, 1.165) is 5.56 Å². The molecule has 2 aromatic rings. The number of nitrogens with one attached hydrogen (secondary N) is 1. The second-order valence-corrected chi connectivity index (χ2v) is 4.88. The molecule has 0 aromatic heterocycles. The first kappa shape index (κ1) is 14.4. The molecule has 0 saturated heterocycles. The highest BCUT2D eigenvalue weighted by Gasteiger charge is 2.03. The smallest absolute Gasteiger partial charge is 0.248 e. The Hall–Kier alpha value is -1.97. The molecule has 102 valence electrons. The first-order valence-corrected chi connectivity index (χ1v) is 6.53. The van der Waals surface area contributed by atoms with Crippen molar-refractivity contribution in [3.8, 4) is 5.75 Å². The number of hydrogen-bond donors (Lipinski definition) is 2. The van der Waals surface area contributed by atoms with Gasteiger partial charge in [-0.2, -0.15) is 0 Å². The average molecular weight is 308 g/mol. The van der Waals surface area contributed by atoms with Gasteiger partial charge in [-0.3, -0.25) is 4.79 Å². The largest absolute Gasteiger partial charge is 0.508 e. The molecule has 2 rings (SSSR count). The minimum atomic E-state index is -0.303. The van der Waals surface area contributed by atoms with Crippen molar-refractivity contribution < 1.29 is 9.90 Å². The van der Waals surface area contributed by atoms with Crippen molar-refractivity contribution in [3.05, 3.63) is 64.1 Å². The molecular weight excluding hydrogens is 297 g/mol. The summed E-state index contributed by atoms with van der Waals surface area (Å²) in [7, 11) is 0. The van der Waals surface area contributed by atoms with Crippen LogP contribution < -0.4 is 5.32 Å². The predicted molar refractivity (Wildman–Crippen MR) is 82.2 cm³/mol. The van der Waals surface area contributed by atoms with E-state index in [-0.39, 0.29) is 11.7 Å². The van der Waals surface area contributed by atoms with Crippen LogP contribution in [0.3, 0.4) is 0 Å². The van der Waals surface area contributed by atoms with Gasteiger partial charge in [-0.05, 0) is 42.0 Å². The maximum Gasteiger partial charge on any atom is 0.248 e. The number of aromatic hydroxyl groups is 1. The molecule has 0 unspecified atom stereocenters. The van der Waals surface area contributed by atoms with Crippen molar-refractivity contribution in [1.82, 2.24) is 0 Å². The number of hydrogen-bond acceptors (Lipinski definition) is 2. The zero-order valence-corrected chi connectivity index (χ0v) is 11.8. The normalized spacial score (nSPS) is 10.7. The molecule has 0 fully saturated rings. The van der Waals surface area contributed by atoms with E-state index in [9.17, 15) is 4.79 Å². The maximum absolute atomic E-state index is 11.8. The van der Waals surface area contributed by atoms with Crippen molar-refractivity contribution in [1.29, 1.82) is 0 Å². The lowest BCUT2D eigenvalue weighted by Crippen LogP contribution is -2.08. The van der Waals surface area contributed by atoms with Crippen LogP contribution in [0.2, 0.25) is 10.0 Å². The molecule has 0 aliphatic rings. The van der Waals surface area contributed by atoms with Gasteiger partial charge in [-0.15, -0.1) is 0 Å². The van der Waals surface area contributed by atoms with Gasteiger partial charge in [0.05, 0.1) is 10.7 Å². The first-order valence-electron chi connectivity index (χ1n) is 5.78. The lowest BCUT2D eigenvalue weighted by Gasteiger charge is -2.04. The number of amides is 1. The predicted octanol–water partition coefficient (Wildman–Crippen LogP) is 4.35. The molecule has 0 heterocycles. The fourth-order valence-electron chi connectivity index (χ4n) is 1.52. The Bertz CT molecular complexity index is 651. The number of carbonyl (C=O) groups excluding carboxylic acids is 1. The molecule has 0 saturated carbocycles. The number of phenols is 1. The van der Waals surface area contributed by atoms with Gasteiger partial charge in [0, 0.05) is 11.1 Å². The molecule has 1 amide bonds. The lowest BCUT2D eigenvalue weighted by atomic mass is 10.2. The second-order valence-electron chi connectivity index (χ2n) is 4.04. The number of phenolic OH excluding ortho intramolecular Hbond substituents is 1. The van der Waals surface area contributed by atoms with E-state index in [0.29, 0.717) is 15.7 Å². The van der Waals surface area contributed by atoms with E-state index in [1.165, 1.54) is 6.08 Å². The van der Waals surface area contributed by atoms with E-state index < -0.39 is 0 Å². The number of carbonyl (C=O) groups is 1. The number of benzene rings is 2. The Kier molecular flexibility index (Phi) is 4.66. The minimum absolute atomic E-state index is 0.180. The van der Waals surface area contributed by atoms with E-state index in [2.05, 4.69) is 5.32 Å². The van der Waals surface area contributed by atoms with Crippen molar-refractivity contribution in [2.24, 2.45) is 0 Å². The molecule has 20 heavy (non-hydrogen) atoms. The highest BCUT2D eigenvalue weighted by Crippen LogP contribution is 2.25. The summed E-state index contributed by atoms with van der Waals surface area (Å²) in [5.41, 5.74) is 1.30. The van der Waals surface area contributed by atoms with Crippen LogP contribution in [0, 0.1) is 0 Å². The Balaban J connectivity index is 2.03. The molecule has 0 aliphatic heterocycles. The van der Waals surface area contributed by atoms with Crippen molar-refractivity contribution >= 4 is 40.9 Å². The lowest BCUT2D eigenvalue weighted by molar-refractivity contribution is -0.111. The number of rotatable bonds is 3. The van der Waals surface area contributed by atoms with Crippen molar-refractivity contribution in [2.45, 2.75) is 0 Å². The third kappa shape index (κ3) is 4.02.